The van der Waals surface area contributed by atoms with E-state index < -0.39 is 31.6 Å². The molecule has 2 aliphatic heterocycles. The van der Waals surface area contributed by atoms with Gasteiger partial charge in [-0.3, -0.25) is 14.3 Å². The van der Waals surface area contributed by atoms with Crippen molar-refractivity contribution in [2.24, 2.45) is 5.92 Å². The van der Waals surface area contributed by atoms with Crippen LogP contribution in [0.3, 0.4) is 0 Å². The number of anilines is 1. The van der Waals surface area contributed by atoms with Crippen molar-refractivity contribution >= 4 is 30.8 Å². The number of fused-ring (bicyclic) bond motifs is 3. The predicted molar refractivity (Wildman–Crippen MR) is 188 cm³/mol. The summed E-state index contributed by atoms with van der Waals surface area (Å²) < 4.78 is 26.3. The molecular formula is C37H39FN6O4Si. The summed E-state index contributed by atoms with van der Waals surface area (Å²) in [5, 5.41) is 24.5. The largest absolute Gasteiger partial charge is 0.395 e. The molecule has 10 nitrogen and oxygen atoms in total. The maximum absolute atomic E-state index is 16.4. The smallest absolute Gasteiger partial charge is 0.279 e. The summed E-state index contributed by atoms with van der Waals surface area (Å²) in [6.07, 6.45) is 4.90. The number of ether oxygens (including phenoxy) is 1. The molecule has 1 N–H and O–H groups in total. The first-order chi connectivity index (χ1) is 23.6. The van der Waals surface area contributed by atoms with E-state index in [1.54, 1.807) is 59.3 Å². The van der Waals surface area contributed by atoms with Gasteiger partial charge in [-0.1, -0.05) is 66.7 Å². The molecule has 0 radical (unpaired) electrons. The summed E-state index contributed by atoms with van der Waals surface area (Å²) in [4.78, 5) is 29.7. The number of carbonyl (C=O) groups is 1. The van der Waals surface area contributed by atoms with Gasteiger partial charge in [0, 0.05) is 41.7 Å². The van der Waals surface area contributed by atoms with Gasteiger partial charge in [0.2, 0.25) is 8.41 Å². The summed E-state index contributed by atoms with van der Waals surface area (Å²) in [5.41, 5.74) is 1.02. The number of amides is 1. The number of aryl methyl sites for hydroxylation is 1. The minimum Gasteiger partial charge on any atom is -0.395 e. The van der Waals surface area contributed by atoms with Crippen molar-refractivity contribution in [1.82, 2.24) is 24.8 Å². The zero-order chi connectivity index (χ0) is 34.5. The fraction of sp³-hybridized carbons (Fsp3) is 0.324. The van der Waals surface area contributed by atoms with E-state index in [1.807, 2.05) is 61.5 Å². The minimum atomic E-state index is -3.41. The van der Waals surface area contributed by atoms with Crippen molar-refractivity contribution in [3.63, 3.8) is 0 Å². The van der Waals surface area contributed by atoms with Gasteiger partial charge in [-0.15, -0.1) is 11.7 Å². The number of aliphatic hydroxyl groups is 1. The van der Waals surface area contributed by atoms with Crippen LogP contribution in [0.4, 0.5) is 9.80 Å². The second-order valence-electron chi connectivity index (χ2n) is 13.5. The van der Waals surface area contributed by atoms with E-state index in [4.69, 9.17) is 4.74 Å². The molecule has 12 heteroatoms. The highest BCUT2D eigenvalue weighted by Crippen LogP contribution is 2.60. The van der Waals surface area contributed by atoms with Gasteiger partial charge in [0.05, 0.1) is 47.3 Å². The number of aliphatic hydroxyl groups excluding tert-OH is 1. The molecule has 49 heavy (non-hydrogen) atoms. The third kappa shape index (κ3) is 5.44. The highest BCUT2D eigenvalue weighted by atomic mass is 28.4. The topological polar surface area (TPSA) is 115 Å². The van der Waals surface area contributed by atoms with Crippen molar-refractivity contribution < 1.29 is 18.7 Å². The monoisotopic (exact) mass is 678 g/mol. The van der Waals surface area contributed by atoms with Crippen molar-refractivity contribution in [3.8, 4) is 5.69 Å². The molecule has 252 valence electrons. The van der Waals surface area contributed by atoms with Crippen LogP contribution in [0.1, 0.15) is 36.1 Å². The number of nitrogens with zero attached hydrogens (tertiary/aromatic N) is 6. The van der Waals surface area contributed by atoms with E-state index in [0.29, 0.717) is 41.0 Å². The standard InChI is InChI=1S/C37H39FN6O4Si/c1-5-18-43-32-16-15-27(44-35(46)28-14-10-9-13-26(28)21-39-44)20-30(32)37(36(43)47)24(2)34(49(3,4)38)33(48-37)17-19-42-22-31(40-41-42)29(23-45)25-11-7-6-8-12-25/h5-16,20-22,24,29,33-34,45H,1,17-19,23H2,2-4H3/t24-,29?,33+,34-,37+/m1/s1. The normalized spacial score (nSPS) is 22.6. The van der Waals surface area contributed by atoms with Crippen LogP contribution in [0.25, 0.3) is 16.5 Å². The number of halogens is 1. The van der Waals surface area contributed by atoms with E-state index in [9.17, 15) is 14.7 Å². The molecule has 0 bridgehead atoms. The van der Waals surface area contributed by atoms with Gasteiger partial charge in [0.1, 0.15) is 0 Å². The highest BCUT2D eigenvalue weighted by molar-refractivity contribution is 6.72. The number of hydrogen-bond acceptors (Lipinski definition) is 7. The molecule has 1 amide bonds. The van der Waals surface area contributed by atoms with Crippen LogP contribution in [0.5, 0.6) is 0 Å². The zero-order valence-electron chi connectivity index (χ0n) is 27.7. The Morgan fingerprint density at radius 2 is 1.86 bits per heavy atom. The molecule has 5 aromatic rings. The van der Waals surface area contributed by atoms with Gasteiger partial charge in [-0.25, -0.2) is 0 Å². The quantitative estimate of drug-likeness (QED) is 0.118. The molecule has 3 aromatic carbocycles. The second-order valence-corrected chi connectivity index (χ2v) is 17.3. The minimum absolute atomic E-state index is 0.121. The number of aromatic nitrogens is 5. The molecule has 2 aliphatic rings. The Labute approximate surface area is 284 Å². The summed E-state index contributed by atoms with van der Waals surface area (Å²) >= 11 is 0. The van der Waals surface area contributed by atoms with Crippen molar-refractivity contribution in [1.29, 1.82) is 0 Å². The summed E-state index contributed by atoms with van der Waals surface area (Å²) in [6, 6.07) is 22.3. The maximum Gasteiger partial charge on any atom is 0.279 e. The van der Waals surface area contributed by atoms with Gasteiger partial charge in [-0.05, 0) is 49.3 Å². The van der Waals surface area contributed by atoms with Crippen LogP contribution in [-0.4, -0.2) is 63.5 Å². The van der Waals surface area contributed by atoms with E-state index in [2.05, 4.69) is 22.0 Å². The zero-order valence-corrected chi connectivity index (χ0v) is 28.7. The summed E-state index contributed by atoms with van der Waals surface area (Å²) in [5.74, 6) is -1.11. The third-order valence-corrected chi connectivity index (χ3v) is 12.6. The van der Waals surface area contributed by atoms with Crippen LogP contribution in [0.15, 0.2) is 103 Å². The Morgan fingerprint density at radius 3 is 2.59 bits per heavy atom. The lowest BCUT2D eigenvalue weighted by Gasteiger charge is -2.31. The Kier molecular flexibility index (Phi) is 8.41. The molecule has 2 aromatic heterocycles. The van der Waals surface area contributed by atoms with Gasteiger partial charge in [0.25, 0.3) is 11.5 Å². The van der Waals surface area contributed by atoms with Gasteiger partial charge in [-0.2, -0.15) is 9.78 Å². The van der Waals surface area contributed by atoms with Gasteiger partial charge < -0.3 is 18.9 Å². The van der Waals surface area contributed by atoms with E-state index in [0.717, 1.165) is 10.9 Å². The summed E-state index contributed by atoms with van der Waals surface area (Å²) in [6.45, 7) is 9.61. The lowest BCUT2D eigenvalue weighted by Crippen LogP contribution is -2.45. The van der Waals surface area contributed by atoms with Crippen LogP contribution >= 0.6 is 0 Å². The van der Waals surface area contributed by atoms with Gasteiger partial charge >= 0.3 is 0 Å². The average Bonchev–Trinajstić information content (AvgIpc) is 3.75. The fourth-order valence-electron chi connectivity index (χ4n) is 7.92. The number of rotatable bonds is 10. The highest BCUT2D eigenvalue weighted by Gasteiger charge is 2.66. The van der Waals surface area contributed by atoms with Crippen molar-refractivity contribution in [3.05, 3.63) is 125 Å². The van der Waals surface area contributed by atoms with E-state index in [-0.39, 0.29) is 30.5 Å². The molecule has 1 saturated heterocycles. The average molecular weight is 679 g/mol. The third-order valence-electron chi connectivity index (χ3n) is 10.1. The molecular weight excluding hydrogens is 640 g/mol. The maximum atomic E-state index is 16.4. The number of carbonyl (C=O) groups excluding carboxylic acids is 1. The Hall–Kier alpha value is -4.78. The second kappa shape index (κ2) is 12.6. The van der Waals surface area contributed by atoms with E-state index >= 15 is 4.11 Å². The number of hydrogen-bond donors (Lipinski definition) is 1. The first kappa shape index (κ1) is 32.7. The summed E-state index contributed by atoms with van der Waals surface area (Å²) in [7, 11) is -3.41. The first-order valence-electron chi connectivity index (χ1n) is 16.6. The lowest BCUT2D eigenvalue weighted by molar-refractivity contribution is -0.145. The fourth-order valence-corrected chi connectivity index (χ4v) is 10.5. The van der Waals surface area contributed by atoms with Crippen LogP contribution in [0.2, 0.25) is 18.6 Å². The molecule has 4 heterocycles. The SMILES string of the molecule is C=CCN1C(=O)[C@@]2(O[C@@H](CCn3cc(C(CO)c4ccccc4)nn3)[C@H]([Si](C)(C)F)[C@H]2C)c2cc(-n3ncc4ccccc4c3=O)ccc21. The molecule has 0 saturated carbocycles. The predicted octanol–water partition coefficient (Wildman–Crippen LogP) is 5.50. The molecule has 1 fully saturated rings. The Bertz CT molecular complexity index is 2100. The van der Waals surface area contributed by atoms with Crippen molar-refractivity contribution in [2.45, 2.75) is 56.1 Å². The van der Waals surface area contributed by atoms with Crippen LogP contribution in [0, 0.1) is 5.92 Å². The Balaban J connectivity index is 1.25. The lowest BCUT2D eigenvalue weighted by atomic mass is 9.82. The molecule has 7 rings (SSSR count). The van der Waals surface area contributed by atoms with Crippen LogP contribution in [-0.2, 0) is 21.7 Å². The van der Waals surface area contributed by atoms with Gasteiger partial charge in [0.15, 0.2) is 5.60 Å². The first-order valence-corrected chi connectivity index (χ1v) is 19.5. The molecule has 0 aliphatic carbocycles. The molecule has 1 spiro atoms. The molecule has 1 unspecified atom stereocenters. The Morgan fingerprint density at radius 1 is 1.10 bits per heavy atom. The van der Waals surface area contributed by atoms with E-state index in [1.165, 1.54) is 4.68 Å². The molecule has 5 atom stereocenters. The van der Waals surface area contributed by atoms with Crippen molar-refractivity contribution in [2.75, 3.05) is 18.1 Å². The van der Waals surface area contributed by atoms with Crippen LogP contribution < -0.4 is 10.5 Å². The number of benzene rings is 3.